The van der Waals surface area contributed by atoms with Crippen molar-refractivity contribution in [2.24, 2.45) is 0 Å². The van der Waals surface area contributed by atoms with Crippen LogP contribution in [0.15, 0.2) is 48.5 Å². The Bertz CT molecular complexity index is 904. The number of nitrogens with zero attached hydrogens (tertiary/aromatic N) is 2. The minimum absolute atomic E-state index is 0.0786. The van der Waals surface area contributed by atoms with E-state index in [1.54, 1.807) is 36.3 Å². The number of rotatable bonds is 6. The third-order valence-electron chi connectivity index (χ3n) is 4.92. The van der Waals surface area contributed by atoms with Gasteiger partial charge >= 0.3 is 0 Å². The van der Waals surface area contributed by atoms with Crippen molar-refractivity contribution >= 4 is 29.0 Å². The Morgan fingerprint density at radius 2 is 1.72 bits per heavy atom. The lowest BCUT2D eigenvalue weighted by atomic mass is 10.1. The van der Waals surface area contributed by atoms with Crippen LogP contribution in [0.5, 0.6) is 5.75 Å². The molecule has 152 valence electrons. The smallest absolute Gasteiger partial charge is 0.233 e. The standard InChI is InChI=1S/C22H25N3O4/c1-16(26)17-6-5-7-18(14-17)23-21(27)15-22(28)25-12-10-24(11-13-25)19-8-3-4-9-20(19)29-2/h3-9,14H,10-13,15H2,1-2H3,(H,23,27). The number of benzene rings is 2. The molecule has 3 rings (SSSR count). The number of ether oxygens (including phenoxy) is 1. The zero-order chi connectivity index (χ0) is 20.8. The van der Waals surface area contributed by atoms with Gasteiger partial charge in [-0.05, 0) is 31.2 Å². The van der Waals surface area contributed by atoms with Gasteiger partial charge in [0.25, 0.3) is 0 Å². The number of carbonyl (C=O) groups excluding carboxylic acids is 3. The Balaban J connectivity index is 1.52. The molecule has 1 aliphatic rings. The van der Waals surface area contributed by atoms with Crippen molar-refractivity contribution in [1.29, 1.82) is 0 Å². The molecular weight excluding hydrogens is 370 g/mol. The fourth-order valence-corrected chi connectivity index (χ4v) is 3.36. The first-order valence-corrected chi connectivity index (χ1v) is 9.54. The zero-order valence-corrected chi connectivity index (χ0v) is 16.7. The lowest BCUT2D eigenvalue weighted by molar-refractivity contribution is -0.134. The molecule has 1 fully saturated rings. The number of Topliss-reactive ketones (excluding diaryl/α,β-unsaturated/α-hetero) is 1. The monoisotopic (exact) mass is 395 g/mol. The molecule has 0 radical (unpaired) electrons. The van der Waals surface area contributed by atoms with E-state index >= 15 is 0 Å². The van der Waals surface area contributed by atoms with Crippen molar-refractivity contribution in [2.45, 2.75) is 13.3 Å². The molecule has 2 amide bonds. The summed E-state index contributed by atoms with van der Waals surface area (Å²) in [5, 5.41) is 2.69. The summed E-state index contributed by atoms with van der Waals surface area (Å²) < 4.78 is 5.41. The first kappa shape index (κ1) is 20.4. The molecule has 0 aromatic heterocycles. The Kier molecular flexibility index (Phi) is 6.49. The van der Waals surface area contributed by atoms with Crippen LogP contribution in [0.25, 0.3) is 0 Å². The molecule has 1 aliphatic heterocycles. The third kappa shape index (κ3) is 5.13. The summed E-state index contributed by atoms with van der Waals surface area (Å²) in [6.45, 7) is 3.91. The molecule has 1 heterocycles. The molecule has 0 saturated carbocycles. The number of carbonyl (C=O) groups is 3. The second kappa shape index (κ2) is 9.23. The maximum Gasteiger partial charge on any atom is 0.233 e. The van der Waals surface area contributed by atoms with Crippen molar-refractivity contribution in [1.82, 2.24) is 4.90 Å². The Hall–Kier alpha value is -3.35. The van der Waals surface area contributed by atoms with Gasteiger partial charge in [0.15, 0.2) is 5.78 Å². The Morgan fingerprint density at radius 1 is 1.00 bits per heavy atom. The third-order valence-corrected chi connectivity index (χ3v) is 4.92. The molecule has 0 aliphatic carbocycles. The molecule has 7 heteroatoms. The predicted molar refractivity (Wildman–Crippen MR) is 111 cm³/mol. The van der Waals surface area contributed by atoms with E-state index < -0.39 is 0 Å². The summed E-state index contributed by atoms with van der Waals surface area (Å²) in [4.78, 5) is 40.1. The summed E-state index contributed by atoms with van der Waals surface area (Å²) in [5.74, 6) is 0.136. The lowest BCUT2D eigenvalue weighted by Gasteiger charge is -2.36. The molecule has 2 aromatic carbocycles. The van der Waals surface area contributed by atoms with E-state index in [-0.39, 0.29) is 24.0 Å². The van der Waals surface area contributed by atoms with Gasteiger partial charge in [-0.15, -0.1) is 0 Å². The lowest BCUT2D eigenvalue weighted by Crippen LogP contribution is -2.49. The molecule has 0 spiro atoms. The van der Waals surface area contributed by atoms with Gasteiger partial charge in [0.1, 0.15) is 12.2 Å². The van der Waals surface area contributed by atoms with Crippen LogP contribution < -0.4 is 15.0 Å². The van der Waals surface area contributed by atoms with Crippen molar-refractivity contribution in [3.63, 3.8) is 0 Å². The number of nitrogens with one attached hydrogen (secondary N) is 1. The van der Waals surface area contributed by atoms with Gasteiger partial charge in [-0.3, -0.25) is 14.4 Å². The highest BCUT2D eigenvalue weighted by Crippen LogP contribution is 2.28. The van der Waals surface area contributed by atoms with E-state index in [9.17, 15) is 14.4 Å². The largest absolute Gasteiger partial charge is 0.495 e. The van der Waals surface area contributed by atoms with Crippen LogP contribution in [-0.2, 0) is 9.59 Å². The molecule has 7 nitrogen and oxygen atoms in total. The summed E-state index contributed by atoms with van der Waals surface area (Å²) >= 11 is 0. The minimum atomic E-state index is -0.386. The Labute approximate surface area is 170 Å². The van der Waals surface area contributed by atoms with E-state index in [1.807, 2.05) is 24.3 Å². The maximum atomic E-state index is 12.5. The first-order valence-electron chi connectivity index (χ1n) is 9.54. The molecule has 0 atom stereocenters. The molecule has 0 bridgehead atoms. The molecule has 1 N–H and O–H groups in total. The molecular formula is C22H25N3O4. The average Bonchev–Trinajstić information content (AvgIpc) is 2.73. The summed E-state index contributed by atoms with van der Waals surface area (Å²) in [7, 11) is 1.64. The van der Waals surface area contributed by atoms with E-state index in [0.717, 1.165) is 11.4 Å². The number of methoxy groups -OCH3 is 1. The number of amides is 2. The number of para-hydroxylation sites is 2. The minimum Gasteiger partial charge on any atom is -0.495 e. The maximum absolute atomic E-state index is 12.5. The average molecular weight is 395 g/mol. The topological polar surface area (TPSA) is 79.0 Å². The highest BCUT2D eigenvalue weighted by Gasteiger charge is 2.24. The van der Waals surface area contributed by atoms with Crippen molar-refractivity contribution in [2.75, 3.05) is 43.5 Å². The Morgan fingerprint density at radius 3 is 2.41 bits per heavy atom. The number of ketones is 1. The summed E-state index contributed by atoms with van der Waals surface area (Å²) in [5.41, 5.74) is 2.03. The number of piperazine rings is 1. The molecule has 29 heavy (non-hydrogen) atoms. The van der Waals surface area contributed by atoms with Crippen LogP contribution in [0, 0.1) is 0 Å². The molecule has 1 saturated heterocycles. The van der Waals surface area contributed by atoms with E-state index in [2.05, 4.69) is 10.2 Å². The van der Waals surface area contributed by atoms with E-state index in [4.69, 9.17) is 4.74 Å². The van der Waals surface area contributed by atoms with Gasteiger partial charge in [-0.1, -0.05) is 24.3 Å². The highest BCUT2D eigenvalue weighted by molar-refractivity contribution is 6.04. The van der Waals surface area contributed by atoms with Gasteiger partial charge in [0, 0.05) is 37.4 Å². The van der Waals surface area contributed by atoms with Gasteiger partial charge < -0.3 is 19.9 Å². The first-order chi connectivity index (χ1) is 14.0. The summed E-state index contributed by atoms with van der Waals surface area (Å²) in [6.07, 6.45) is -0.223. The fraction of sp³-hybridized carbons (Fsp3) is 0.318. The molecule has 2 aromatic rings. The number of hydrogen-bond acceptors (Lipinski definition) is 5. The van der Waals surface area contributed by atoms with Crippen molar-refractivity contribution in [3.8, 4) is 5.75 Å². The van der Waals surface area contributed by atoms with Crippen molar-refractivity contribution < 1.29 is 19.1 Å². The van der Waals surface area contributed by atoms with Crippen LogP contribution in [0.3, 0.4) is 0 Å². The highest BCUT2D eigenvalue weighted by atomic mass is 16.5. The number of anilines is 2. The second-order valence-electron chi connectivity index (χ2n) is 6.90. The van der Waals surface area contributed by atoms with Gasteiger partial charge in [-0.2, -0.15) is 0 Å². The molecule has 0 unspecified atom stereocenters. The van der Waals surface area contributed by atoms with Crippen LogP contribution in [0.2, 0.25) is 0 Å². The van der Waals surface area contributed by atoms with E-state index in [1.165, 1.54) is 6.92 Å². The van der Waals surface area contributed by atoms with Crippen molar-refractivity contribution in [3.05, 3.63) is 54.1 Å². The SMILES string of the molecule is COc1ccccc1N1CCN(C(=O)CC(=O)Nc2cccc(C(C)=O)c2)CC1. The normalized spacial score (nSPS) is 13.7. The fourth-order valence-electron chi connectivity index (χ4n) is 3.36. The van der Waals surface area contributed by atoms with Gasteiger partial charge in [-0.25, -0.2) is 0 Å². The van der Waals surface area contributed by atoms with Crippen LogP contribution >= 0.6 is 0 Å². The predicted octanol–water partition coefficient (Wildman–Crippen LogP) is 2.58. The zero-order valence-electron chi connectivity index (χ0n) is 16.7. The van der Waals surface area contributed by atoms with Gasteiger partial charge in [0.05, 0.1) is 12.8 Å². The quantitative estimate of drug-likeness (QED) is 0.601. The number of hydrogen-bond donors (Lipinski definition) is 1. The van der Waals surface area contributed by atoms with Crippen LogP contribution in [0.1, 0.15) is 23.7 Å². The van der Waals surface area contributed by atoms with Crippen LogP contribution in [-0.4, -0.2) is 55.8 Å². The van der Waals surface area contributed by atoms with Crippen LogP contribution in [0.4, 0.5) is 11.4 Å². The summed E-state index contributed by atoms with van der Waals surface area (Å²) in [6, 6.07) is 14.5. The van der Waals surface area contributed by atoms with E-state index in [0.29, 0.717) is 37.4 Å². The van der Waals surface area contributed by atoms with Gasteiger partial charge in [0.2, 0.25) is 11.8 Å². The second-order valence-corrected chi connectivity index (χ2v) is 6.90.